The number of hydrogen-bond acceptors (Lipinski definition) is 5. The van der Waals surface area contributed by atoms with E-state index in [1.165, 1.54) is 19.3 Å². The Bertz CT molecular complexity index is 1110. The van der Waals surface area contributed by atoms with Gasteiger partial charge in [0.2, 0.25) is 0 Å². The molecule has 3 aromatic rings. The molecule has 0 fully saturated rings. The molecule has 0 N–H and O–H groups in total. The van der Waals surface area contributed by atoms with Crippen molar-refractivity contribution >= 4 is 29.9 Å². The lowest BCUT2D eigenvalue weighted by atomic mass is 10.1. The van der Waals surface area contributed by atoms with Crippen LogP contribution >= 0.6 is 0 Å². The molecule has 31 heavy (non-hydrogen) atoms. The van der Waals surface area contributed by atoms with Crippen molar-refractivity contribution in [2.75, 3.05) is 7.11 Å². The van der Waals surface area contributed by atoms with Gasteiger partial charge in [-0.15, -0.1) is 0 Å². The highest BCUT2D eigenvalue weighted by atomic mass is 16.5. The molecule has 154 valence electrons. The van der Waals surface area contributed by atoms with Gasteiger partial charge in [0.25, 0.3) is 0 Å². The topological polar surface area (TPSA) is 69.7 Å². The number of benzene rings is 3. The maximum Gasteiger partial charge on any atom is 0.337 e. The molecule has 0 saturated carbocycles. The zero-order valence-electron chi connectivity index (χ0n) is 16.9. The lowest BCUT2D eigenvalue weighted by Gasteiger charge is -2.02. The molecule has 0 heterocycles. The summed E-state index contributed by atoms with van der Waals surface area (Å²) < 4.78 is 9.90. The molecule has 0 aliphatic carbocycles. The van der Waals surface area contributed by atoms with E-state index in [4.69, 9.17) is 4.74 Å². The Kier molecular flexibility index (Phi) is 7.27. The monoisotopic (exact) mass is 412 g/mol. The van der Waals surface area contributed by atoms with Gasteiger partial charge < -0.3 is 9.47 Å². The average Bonchev–Trinajstić information content (AvgIpc) is 2.82. The lowest BCUT2D eigenvalue weighted by molar-refractivity contribution is -0.128. The molecule has 3 rings (SSSR count). The summed E-state index contributed by atoms with van der Waals surface area (Å²) in [5.41, 5.74) is 2.57. The Labute approximate surface area is 180 Å². The van der Waals surface area contributed by atoms with Gasteiger partial charge in [-0.2, -0.15) is 0 Å². The average molecular weight is 412 g/mol. The number of allylic oxidation sites excluding steroid dienone is 1. The Balaban J connectivity index is 1.57. The van der Waals surface area contributed by atoms with E-state index in [1.54, 1.807) is 60.7 Å². The minimum absolute atomic E-state index is 0.195. The van der Waals surface area contributed by atoms with Gasteiger partial charge in [0.1, 0.15) is 5.75 Å². The number of carbonyl (C=O) groups excluding carboxylic acids is 3. The summed E-state index contributed by atoms with van der Waals surface area (Å²) in [4.78, 5) is 35.7. The van der Waals surface area contributed by atoms with Gasteiger partial charge in [0.15, 0.2) is 5.78 Å². The van der Waals surface area contributed by atoms with E-state index < -0.39 is 11.9 Å². The molecule has 0 saturated heterocycles. The Hall–Kier alpha value is -4.25. The standard InChI is InChI=1S/C26H20O5/c1-30-26(29)22-11-7-20(8-12-22)9-17-24(27)21-13-15-23(16-14-21)31-25(28)18-10-19-5-3-2-4-6-19/h2-18H,1H3/b17-9+,18-10+. The molecule has 0 atom stereocenters. The van der Waals surface area contributed by atoms with Crippen molar-refractivity contribution in [2.45, 2.75) is 0 Å². The van der Waals surface area contributed by atoms with E-state index in [0.29, 0.717) is 16.9 Å². The molecule has 0 aromatic heterocycles. The highest BCUT2D eigenvalue weighted by Gasteiger charge is 2.06. The van der Waals surface area contributed by atoms with Crippen LogP contribution in [0.4, 0.5) is 0 Å². The van der Waals surface area contributed by atoms with Crippen molar-refractivity contribution in [1.82, 2.24) is 0 Å². The molecule has 0 aliphatic rings. The van der Waals surface area contributed by atoms with Crippen molar-refractivity contribution in [3.63, 3.8) is 0 Å². The lowest BCUT2D eigenvalue weighted by Crippen LogP contribution is -2.04. The quantitative estimate of drug-likeness (QED) is 0.237. The number of ketones is 1. The summed E-state index contributed by atoms with van der Waals surface area (Å²) in [6.07, 6.45) is 6.12. The maximum atomic E-state index is 12.4. The van der Waals surface area contributed by atoms with Gasteiger partial charge in [0, 0.05) is 11.6 Å². The Morgan fingerprint density at radius 3 is 1.90 bits per heavy atom. The van der Waals surface area contributed by atoms with E-state index in [0.717, 1.165) is 11.1 Å². The van der Waals surface area contributed by atoms with Gasteiger partial charge in [-0.05, 0) is 59.7 Å². The van der Waals surface area contributed by atoms with Gasteiger partial charge in [0.05, 0.1) is 12.7 Å². The Morgan fingerprint density at radius 2 is 1.26 bits per heavy atom. The minimum Gasteiger partial charge on any atom is -0.465 e. The molecule has 0 spiro atoms. The summed E-state index contributed by atoms with van der Waals surface area (Å²) >= 11 is 0. The molecule has 5 heteroatoms. The van der Waals surface area contributed by atoms with Crippen molar-refractivity contribution < 1.29 is 23.9 Å². The third kappa shape index (κ3) is 6.37. The normalized spacial score (nSPS) is 10.9. The number of ether oxygens (including phenoxy) is 2. The van der Waals surface area contributed by atoms with Crippen LogP contribution < -0.4 is 4.74 Å². The third-order valence-corrected chi connectivity index (χ3v) is 4.33. The molecular weight excluding hydrogens is 392 g/mol. The summed E-state index contributed by atoms with van der Waals surface area (Å²) in [7, 11) is 1.32. The number of hydrogen-bond donors (Lipinski definition) is 0. The van der Waals surface area contributed by atoms with Crippen LogP contribution in [0.3, 0.4) is 0 Å². The van der Waals surface area contributed by atoms with Crippen LogP contribution in [0, 0.1) is 0 Å². The van der Waals surface area contributed by atoms with Gasteiger partial charge in [-0.25, -0.2) is 9.59 Å². The van der Waals surface area contributed by atoms with Gasteiger partial charge >= 0.3 is 11.9 Å². The molecule has 5 nitrogen and oxygen atoms in total. The molecule has 0 aliphatic heterocycles. The predicted octanol–water partition coefficient (Wildman–Crippen LogP) is 4.99. The molecular formula is C26H20O5. The van der Waals surface area contributed by atoms with Crippen LogP contribution in [0.25, 0.3) is 12.2 Å². The molecule has 0 bridgehead atoms. The van der Waals surface area contributed by atoms with Gasteiger partial charge in [-0.3, -0.25) is 4.79 Å². The number of rotatable bonds is 7. The van der Waals surface area contributed by atoms with E-state index >= 15 is 0 Å². The van der Waals surface area contributed by atoms with Crippen molar-refractivity contribution in [3.8, 4) is 5.75 Å². The molecule has 0 unspecified atom stereocenters. The number of esters is 2. The van der Waals surface area contributed by atoms with Crippen LogP contribution in [0.1, 0.15) is 31.8 Å². The van der Waals surface area contributed by atoms with Crippen molar-refractivity contribution in [3.05, 3.63) is 113 Å². The first-order chi connectivity index (χ1) is 15.0. The summed E-state index contributed by atoms with van der Waals surface area (Å²) in [5, 5.41) is 0. The van der Waals surface area contributed by atoms with E-state index in [2.05, 4.69) is 4.74 Å². The first-order valence-electron chi connectivity index (χ1n) is 9.51. The number of carbonyl (C=O) groups is 3. The zero-order chi connectivity index (χ0) is 22.1. The third-order valence-electron chi connectivity index (χ3n) is 4.33. The fourth-order valence-corrected chi connectivity index (χ4v) is 2.68. The summed E-state index contributed by atoms with van der Waals surface area (Å²) in [6, 6.07) is 22.5. The van der Waals surface area contributed by atoms with Gasteiger partial charge in [-0.1, -0.05) is 48.5 Å². The minimum atomic E-state index is -0.502. The fraction of sp³-hybridized carbons (Fsp3) is 0.0385. The smallest absolute Gasteiger partial charge is 0.337 e. The first kappa shape index (κ1) is 21.5. The zero-order valence-corrected chi connectivity index (χ0v) is 16.9. The predicted molar refractivity (Wildman–Crippen MR) is 119 cm³/mol. The maximum absolute atomic E-state index is 12.4. The van der Waals surface area contributed by atoms with Crippen LogP contribution in [-0.2, 0) is 9.53 Å². The number of methoxy groups -OCH3 is 1. The first-order valence-corrected chi connectivity index (χ1v) is 9.51. The second kappa shape index (κ2) is 10.5. The van der Waals surface area contributed by atoms with Crippen LogP contribution in [0.5, 0.6) is 5.75 Å². The van der Waals surface area contributed by atoms with Crippen molar-refractivity contribution in [1.29, 1.82) is 0 Å². The van der Waals surface area contributed by atoms with E-state index in [9.17, 15) is 14.4 Å². The van der Waals surface area contributed by atoms with E-state index in [1.807, 2.05) is 30.3 Å². The SMILES string of the molecule is COC(=O)c1ccc(/C=C/C(=O)c2ccc(OC(=O)/C=C/c3ccccc3)cc2)cc1. The van der Waals surface area contributed by atoms with Crippen LogP contribution in [0.15, 0.2) is 91.0 Å². The highest BCUT2D eigenvalue weighted by Crippen LogP contribution is 2.15. The molecule has 0 amide bonds. The molecule has 3 aromatic carbocycles. The molecule has 0 radical (unpaired) electrons. The largest absolute Gasteiger partial charge is 0.465 e. The second-order valence-corrected chi connectivity index (χ2v) is 6.50. The van der Waals surface area contributed by atoms with Crippen LogP contribution in [0.2, 0.25) is 0 Å². The fourth-order valence-electron chi connectivity index (χ4n) is 2.68. The Morgan fingerprint density at radius 1 is 0.677 bits per heavy atom. The highest BCUT2D eigenvalue weighted by molar-refractivity contribution is 6.07. The summed E-state index contributed by atoms with van der Waals surface area (Å²) in [6.45, 7) is 0. The summed E-state index contributed by atoms with van der Waals surface area (Å²) in [5.74, 6) is -0.762. The van der Waals surface area contributed by atoms with Crippen molar-refractivity contribution in [2.24, 2.45) is 0 Å². The van der Waals surface area contributed by atoms with E-state index in [-0.39, 0.29) is 5.78 Å². The second-order valence-electron chi connectivity index (χ2n) is 6.50. The van der Waals surface area contributed by atoms with Crippen LogP contribution in [-0.4, -0.2) is 24.8 Å².